The average molecular weight is 590 g/mol. The Morgan fingerprint density at radius 1 is 0.951 bits per heavy atom. The van der Waals surface area contributed by atoms with E-state index in [9.17, 15) is 31.2 Å². The third-order valence-electron chi connectivity index (χ3n) is 6.54. The summed E-state index contributed by atoms with van der Waals surface area (Å²) < 4.78 is 68.7. The van der Waals surface area contributed by atoms with Gasteiger partial charge in [0.1, 0.15) is 12.6 Å². The molecule has 3 aromatic rings. The molecule has 0 heterocycles. The molecule has 1 N–H and O–H groups in total. The largest absolute Gasteiger partial charge is 0.416 e. The van der Waals surface area contributed by atoms with Crippen molar-refractivity contribution in [1.29, 1.82) is 0 Å². The third-order valence-corrected chi connectivity index (χ3v) is 8.33. The highest BCUT2D eigenvalue weighted by atomic mass is 32.2. The van der Waals surface area contributed by atoms with Gasteiger partial charge in [-0.2, -0.15) is 13.2 Å². The molecule has 0 fully saturated rings. The minimum absolute atomic E-state index is 0.0106. The summed E-state index contributed by atoms with van der Waals surface area (Å²) >= 11 is 0. The predicted octanol–water partition coefficient (Wildman–Crippen LogP) is 5.54. The lowest BCUT2D eigenvalue weighted by Crippen LogP contribution is -2.51. The number of aryl methyl sites for hydroxylation is 1. The van der Waals surface area contributed by atoms with E-state index in [4.69, 9.17) is 0 Å². The van der Waals surface area contributed by atoms with Crippen molar-refractivity contribution in [1.82, 2.24) is 10.2 Å². The SMILES string of the molecule is CCCCNC(=O)[C@H](C)N(Cc1ccc(C)cc1)C(=O)CN(c1cccc(C(F)(F)F)c1)S(=O)(=O)c1ccccc1. The number of benzene rings is 3. The highest BCUT2D eigenvalue weighted by Crippen LogP contribution is 2.33. The Morgan fingerprint density at radius 3 is 2.22 bits per heavy atom. The van der Waals surface area contributed by atoms with Gasteiger partial charge < -0.3 is 10.2 Å². The molecule has 7 nitrogen and oxygen atoms in total. The molecule has 0 radical (unpaired) electrons. The smallest absolute Gasteiger partial charge is 0.354 e. The summed E-state index contributed by atoms with van der Waals surface area (Å²) in [7, 11) is -4.47. The molecular weight excluding hydrogens is 555 g/mol. The van der Waals surface area contributed by atoms with Crippen molar-refractivity contribution < 1.29 is 31.2 Å². The van der Waals surface area contributed by atoms with Gasteiger partial charge in [0.15, 0.2) is 0 Å². The van der Waals surface area contributed by atoms with E-state index >= 15 is 0 Å². The molecule has 1 atom stereocenters. The molecule has 0 aliphatic carbocycles. The molecule has 3 rings (SSSR count). The van der Waals surface area contributed by atoms with Gasteiger partial charge in [0.2, 0.25) is 11.8 Å². The standard InChI is InChI=1S/C30H34F3N3O4S/c1-4-5-18-34-29(38)23(3)35(20-24-16-14-22(2)15-17-24)28(37)21-36(41(39,40)27-12-7-6-8-13-27)26-11-9-10-25(19-26)30(31,32)33/h6-17,19,23H,4-5,18,20-21H2,1-3H3,(H,34,38)/t23-/m0/s1. The van der Waals surface area contributed by atoms with Gasteiger partial charge in [-0.05, 0) is 56.2 Å². The van der Waals surface area contributed by atoms with Crippen LogP contribution in [0.3, 0.4) is 0 Å². The molecule has 3 aromatic carbocycles. The van der Waals surface area contributed by atoms with Crippen LogP contribution in [0, 0.1) is 6.92 Å². The van der Waals surface area contributed by atoms with Gasteiger partial charge in [-0.25, -0.2) is 8.42 Å². The summed E-state index contributed by atoms with van der Waals surface area (Å²) in [6, 6.07) is 17.3. The van der Waals surface area contributed by atoms with Crippen LogP contribution in [0.2, 0.25) is 0 Å². The Morgan fingerprint density at radius 2 is 1.61 bits per heavy atom. The Hall–Kier alpha value is -3.86. The topological polar surface area (TPSA) is 86.8 Å². The Labute approximate surface area is 239 Å². The zero-order valence-corrected chi connectivity index (χ0v) is 24.0. The summed E-state index contributed by atoms with van der Waals surface area (Å²) in [4.78, 5) is 27.9. The zero-order valence-electron chi connectivity index (χ0n) is 23.2. The number of alkyl halides is 3. The normalized spacial score (nSPS) is 12.4. The second kappa shape index (κ2) is 13.7. The van der Waals surface area contributed by atoms with Crippen LogP contribution in [0.25, 0.3) is 0 Å². The molecule has 0 bridgehead atoms. The number of anilines is 1. The van der Waals surface area contributed by atoms with E-state index in [1.807, 2.05) is 26.0 Å². The van der Waals surface area contributed by atoms with Crippen LogP contribution in [-0.4, -0.2) is 44.3 Å². The van der Waals surface area contributed by atoms with Crippen LogP contribution in [0.15, 0.2) is 83.8 Å². The lowest BCUT2D eigenvalue weighted by atomic mass is 10.1. The number of hydrogen-bond acceptors (Lipinski definition) is 4. The molecular formula is C30H34F3N3O4S. The molecule has 11 heteroatoms. The first-order chi connectivity index (χ1) is 19.3. The van der Waals surface area contributed by atoms with Gasteiger partial charge in [-0.3, -0.25) is 13.9 Å². The van der Waals surface area contributed by atoms with Crippen molar-refractivity contribution in [3.8, 4) is 0 Å². The van der Waals surface area contributed by atoms with Crippen LogP contribution in [-0.2, 0) is 32.3 Å². The van der Waals surface area contributed by atoms with E-state index in [-0.39, 0.29) is 17.1 Å². The molecule has 0 saturated heterocycles. The van der Waals surface area contributed by atoms with Gasteiger partial charge in [-0.1, -0.05) is 67.4 Å². The number of amides is 2. The van der Waals surface area contributed by atoms with Crippen molar-refractivity contribution in [2.45, 2.75) is 57.3 Å². The van der Waals surface area contributed by atoms with E-state index in [0.29, 0.717) is 22.5 Å². The number of carbonyl (C=O) groups is 2. The fourth-order valence-corrected chi connectivity index (χ4v) is 5.52. The molecule has 0 aliphatic rings. The molecule has 220 valence electrons. The minimum Gasteiger partial charge on any atom is -0.354 e. The first-order valence-corrected chi connectivity index (χ1v) is 14.7. The quantitative estimate of drug-likeness (QED) is 0.281. The van der Waals surface area contributed by atoms with Gasteiger partial charge in [-0.15, -0.1) is 0 Å². The number of nitrogens with one attached hydrogen (secondary N) is 1. The van der Waals surface area contributed by atoms with Crippen LogP contribution >= 0.6 is 0 Å². The van der Waals surface area contributed by atoms with Gasteiger partial charge in [0.05, 0.1) is 16.1 Å². The number of unbranched alkanes of at least 4 members (excludes halogenated alkanes) is 1. The first kappa shape index (κ1) is 31.7. The van der Waals surface area contributed by atoms with E-state index in [2.05, 4.69) is 5.32 Å². The van der Waals surface area contributed by atoms with E-state index < -0.39 is 46.2 Å². The summed E-state index contributed by atoms with van der Waals surface area (Å²) in [5, 5.41) is 2.79. The highest BCUT2D eigenvalue weighted by molar-refractivity contribution is 7.92. The Bertz CT molecular complexity index is 1430. The molecule has 0 aliphatic heterocycles. The van der Waals surface area contributed by atoms with E-state index in [1.54, 1.807) is 18.2 Å². The monoisotopic (exact) mass is 589 g/mol. The van der Waals surface area contributed by atoms with Crippen molar-refractivity contribution in [2.75, 3.05) is 17.4 Å². The zero-order chi connectivity index (χ0) is 30.2. The number of sulfonamides is 1. The number of rotatable bonds is 12. The summed E-state index contributed by atoms with van der Waals surface area (Å²) in [5.41, 5.74) is 0.304. The minimum atomic E-state index is -4.73. The number of carbonyl (C=O) groups excluding carboxylic acids is 2. The van der Waals surface area contributed by atoms with Crippen molar-refractivity contribution in [3.63, 3.8) is 0 Å². The van der Waals surface area contributed by atoms with E-state index in [1.165, 1.54) is 42.2 Å². The third kappa shape index (κ3) is 8.32. The summed E-state index contributed by atoms with van der Waals surface area (Å²) in [6.45, 7) is 4.98. The lowest BCUT2D eigenvalue weighted by Gasteiger charge is -2.32. The number of hydrogen-bond donors (Lipinski definition) is 1. The van der Waals surface area contributed by atoms with Gasteiger partial charge in [0.25, 0.3) is 10.0 Å². The lowest BCUT2D eigenvalue weighted by molar-refractivity contribution is -0.139. The van der Waals surface area contributed by atoms with Crippen LogP contribution in [0.1, 0.15) is 43.4 Å². The summed E-state index contributed by atoms with van der Waals surface area (Å²) in [5.74, 6) is -1.17. The molecule has 0 aromatic heterocycles. The molecule has 0 unspecified atom stereocenters. The van der Waals surface area contributed by atoms with Gasteiger partial charge in [0, 0.05) is 13.1 Å². The Balaban J connectivity index is 2.04. The van der Waals surface area contributed by atoms with Crippen LogP contribution in [0.5, 0.6) is 0 Å². The molecule has 0 spiro atoms. The average Bonchev–Trinajstić information content (AvgIpc) is 2.95. The van der Waals surface area contributed by atoms with Crippen LogP contribution < -0.4 is 9.62 Å². The summed E-state index contributed by atoms with van der Waals surface area (Å²) in [6.07, 6.45) is -3.14. The molecule has 2 amide bonds. The van der Waals surface area contributed by atoms with Crippen molar-refractivity contribution >= 4 is 27.5 Å². The van der Waals surface area contributed by atoms with E-state index in [0.717, 1.165) is 30.5 Å². The second-order valence-electron chi connectivity index (χ2n) is 9.70. The second-order valence-corrected chi connectivity index (χ2v) is 11.6. The first-order valence-electron chi connectivity index (χ1n) is 13.2. The van der Waals surface area contributed by atoms with Crippen molar-refractivity contribution in [3.05, 3.63) is 95.6 Å². The maximum Gasteiger partial charge on any atom is 0.416 e. The number of halogens is 3. The number of nitrogens with zero attached hydrogens (tertiary/aromatic N) is 2. The van der Waals surface area contributed by atoms with Crippen molar-refractivity contribution in [2.24, 2.45) is 0 Å². The Kier molecular flexibility index (Phi) is 10.6. The maximum absolute atomic E-state index is 13.9. The maximum atomic E-state index is 13.9. The fourth-order valence-electron chi connectivity index (χ4n) is 4.09. The highest BCUT2D eigenvalue weighted by Gasteiger charge is 2.35. The molecule has 41 heavy (non-hydrogen) atoms. The van der Waals surface area contributed by atoms with Crippen LogP contribution in [0.4, 0.5) is 18.9 Å². The predicted molar refractivity (Wildman–Crippen MR) is 152 cm³/mol. The molecule has 0 saturated carbocycles. The van der Waals surface area contributed by atoms with Gasteiger partial charge >= 0.3 is 6.18 Å². The fraction of sp³-hybridized carbons (Fsp3) is 0.333.